The molecule has 5 heteroatoms. The first-order valence-electron chi connectivity index (χ1n) is 11.2. The number of nitrogens with two attached hydrogens (primary N) is 1. The molecule has 0 saturated carbocycles. The fourth-order valence-corrected chi connectivity index (χ4v) is 3.84. The number of aromatic nitrogens is 1. The average Bonchev–Trinajstić information content (AvgIpc) is 2.88. The molecule has 0 atom stereocenters. The average molecular weight is 450 g/mol. The van der Waals surface area contributed by atoms with E-state index in [1.807, 2.05) is 43.3 Å². The molecular formula is C29H27N3O2. The van der Waals surface area contributed by atoms with Crippen molar-refractivity contribution in [2.24, 2.45) is 5.73 Å². The van der Waals surface area contributed by atoms with Gasteiger partial charge in [0, 0.05) is 36.1 Å². The van der Waals surface area contributed by atoms with Gasteiger partial charge in [0.25, 0.3) is 0 Å². The molecule has 0 aliphatic heterocycles. The number of rotatable bonds is 8. The van der Waals surface area contributed by atoms with E-state index in [4.69, 9.17) is 15.2 Å². The number of ether oxygens (including phenoxy) is 2. The Morgan fingerprint density at radius 2 is 1.62 bits per heavy atom. The van der Waals surface area contributed by atoms with E-state index < -0.39 is 0 Å². The maximum atomic E-state index is 9.24. The SMILES string of the molecule is Cc1c(C#N)cncc1COc1cc(OCc2cccc(-c3ccccc3)c2C)ccc1CN. The van der Waals surface area contributed by atoms with E-state index in [1.165, 1.54) is 16.7 Å². The van der Waals surface area contributed by atoms with Crippen LogP contribution in [0.1, 0.15) is 33.4 Å². The van der Waals surface area contributed by atoms with Gasteiger partial charge in [0.1, 0.15) is 30.8 Å². The van der Waals surface area contributed by atoms with Gasteiger partial charge in [-0.05, 0) is 47.7 Å². The van der Waals surface area contributed by atoms with E-state index in [2.05, 4.69) is 48.3 Å². The second-order valence-corrected chi connectivity index (χ2v) is 8.09. The summed E-state index contributed by atoms with van der Waals surface area (Å²) in [7, 11) is 0. The summed E-state index contributed by atoms with van der Waals surface area (Å²) in [4.78, 5) is 4.14. The largest absolute Gasteiger partial charge is 0.489 e. The molecule has 170 valence electrons. The third kappa shape index (κ3) is 5.09. The lowest BCUT2D eigenvalue weighted by atomic mass is 9.97. The summed E-state index contributed by atoms with van der Waals surface area (Å²) in [5, 5.41) is 9.24. The minimum absolute atomic E-state index is 0.295. The molecule has 0 aliphatic carbocycles. The molecule has 4 aromatic rings. The highest BCUT2D eigenvalue weighted by molar-refractivity contribution is 5.68. The van der Waals surface area contributed by atoms with Gasteiger partial charge in [-0.2, -0.15) is 5.26 Å². The summed E-state index contributed by atoms with van der Waals surface area (Å²) in [6.45, 7) is 5.11. The summed E-state index contributed by atoms with van der Waals surface area (Å²) < 4.78 is 12.2. The lowest BCUT2D eigenvalue weighted by Gasteiger charge is -2.16. The molecule has 0 spiro atoms. The first-order valence-corrected chi connectivity index (χ1v) is 11.2. The Morgan fingerprint density at radius 3 is 2.38 bits per heavy atom. The highest BCUT2D eigenvalue weighted by atomic mass is 16.5. The van der Waals surface area contributed by atoms with E-state index in [0.717, 1.165) is 22.3 Å². The Morgan fingerprint density at radius 1 is 0.824 bits per heavy atom. The number of pyridine rings is 1. The van der Waals surface area contributed by atoms with Gasteiger partial charge >= 0.3 is 0 Å². The molecule has 0 unspecified atom stereocenters. The molecule has 2 N–H and O–H groups in total. The molecule has 1 heterocycles. The van der Waals surface area contributed by atoms with Gasteiger partial charge in [0.2, 0.25) is 0 Å². The lowest BCUT2D eigenvalue weighted by Crippen LogP contribution is -2.06. The zero-order valence-corrected chi connectivity index (χ0v) is 19.4. The van der Waals surface area contributed by atoms with Crippen LogP contribution in [0.4, 0.5) is 0 Å². The van der Waals surface area contributed by atoms with Gasteiger partial charge in [0.05, 0.1) is 5.56 Å². The predicted molar refractivity (Wildman–Crippen MR) is 133 cm³/mol. The molecule has 0 radical (unpaired) electrons. The minimum Gasteiger partial charge on any atom is -0.489 e. The van der Waals surface area contributed by atoms with Gasteiger partial charge in [-0.1, -0.05) is 54.6 Å². The Labute approximate surface area is 200 Å². The zero-order chi connectivity index (χ0) is 23.9. The second-order valence-electron chi connectivity index (χ2n) is 8.09. The Bertz CT molecular complexity index is 1330. The molecule has 0 fully saturated rings. The van der Waals surface area contributed by atoms with Crippen LogP contribution in [-0.2, 0) is 19.8 Å². The van der Waals surface area contributed by atoms with Crippen molar-refractivity contribution in [1.82, 2.24) is 4.98 Å². The molecule has 34 heavy (non-hydrogen) atoms. The fraction of sp³-hybridized carbons (Fsp3) is 0.172. The van der Waals surface area contributed by atoms with Gasteiger partial charge in [0.15, 0.2) is 0 Å². The van der Waals surface area contributed by atoms with E-state index in [1.54, 1.807) is 12.4 Å². The van der Waals surface area contributed by atoms with Crippen molar-refractivity contribution in [3.63, 3.8) is 0 Å². The highest BCUT2D eigenvalue weighted by Crippen LogP contribution is 2.29. The summed E-state index contributed by atoms with van der Waals surface area (Å²) in [5.74, 6) is 1.37. The lowest BCUT2D eigenvalue weighted by molar-refractivity contribution is 0.287. The van der Waals surface area contributed by atoms with Crippen LogP contribution in [-0.4, -0.2) is 4.98 Å². The Balaban J connectivity index is 1.50. The first-order chi connectivity index (χ1) is 16.6. The quantitative estimate of drug-likeness (QED) is 0.365. The van der Waals surface area contributed by atoms with E-state index in [9.17, 15) is 5.26 Å². The molecule has 0 amide bonds. The van der Waals surface area contributed by atoms with Crippen LogP contribution in [0.3, 0.4) is 0 Å². The molecule has 0 saturated heterocycles. The number of benzene rings is 3. The van der Waals surface area contributed by atoms with Crippen LogP contribution in [0.15, 0.2) is 79.1 Å². The number of hydrogen-bond donors (Lipinski definition) is 1. The van der Waals surface area contributed by atoms with Crippen molar-refractivity contribution >= 4 is 0 Å². The molecule has 0 aliphatic rings. The standard InChI is InChI=1S/C29H27N3O2/c1-20-25(15-31)16-32-17-26(20)19-34-29-13-27(12-11-23(29)14-30)33-18-24-9-6-10-28(21(24)2)22-7-4-3-5-8-22/h3-13,16-17H,14,18-19,30H2,1-2H3. The topological polar surface area (TPSA) is 81.2 Å². The van der Waals surface area contributed by atoms with Gasteiger partial charge < -0.3 is 15.2 Å². The third-order valence-corrected chi connectivity index (χ3v) is 6.01. The molecule has 5 nitrogen and oxygen atoms in total. The fourth-order valence-electron chi connectivity index (χ4n) is 3.84. The van der Waals surface area contributed by atoms with Crippen molar-refractivity contribution in [3.8, 4) is 28.7 Å². The maximum absolute atomic E-state index is 9.24. The summed E-state index contributed by atoms with van der Waals surface area (Å²) in [6.07, 6.45) is 3.29. The first kappa shape index (κ1) is 23.0. The van der Waals surface area contributed by atoms with Crippen LogP contribution in [0.5, 0.6) is 11.5 Å². The van der Waals surface area contributed by atoms with Crippen molar-refractivity contribution in [2.45, 2.75) is 33.6 Å². The molecule has 4 rings (SSSR count). The van der Waals surface area contributed by atoms with Gasteiger partial charge in [-0.25, -0.2) is 0 Å². The normalized spacial score (nSPS) is 10.5. The highest BCUT2D eigenvalue weighted by Gasteiger charge is 2.11. The summed E-state index contributed by atoms with van der Waals surface area (Å²) in [6, 6.07) is 24.5. The molecule has 0 bridgehead atoms. The van der Waals surface area contributed by atoms with Crippen molar-refractivity contribution in [1.29, 1.82) is 5.26 Å². The van der Waals surface area contributed by atoms with Crippen LogP contribution in [0.25, 0.3) is 11.1 Å². The number of nitriles is 1. The number of nitrogens with zero attached hydrogens (tertiary/aromatic N) is 2. The smallest absolute Gasteiger partial charge is 0.127 e. The monoisotopic (exact) mass is 449 g/mol. The van der Waals surface area contributed by atoms with Gasteiger partial charge in [-0.3, -0.25) is 4.98 Å². The Kier molecular flexibility index (Phi) is 7.22. The van der Waals surface area contributed by atoms with Crippen LogP contribution in [0.2, 0.25) is 0 Å². The van der Waals surface area contributed by atoms with Crippen LogP contribution >= 0.6 is 0 Å². The van der Waals surface area contributed by atoms with Crippen LogP contribution in [0, 0.1) is 25.2 Å². The molecular weight excluding hydrogens is 422 g/mol. The minimum atomic E-state index is 0.295. The summed E-state index contributed by atoms with van der Waals surface area (Å²) in [5.41, 5.74) is 13.8. The van der Waals surface area contributed by atoms with Crippen LogP contribution < -0.4 is 15.2 Å². The molecule has 1 aromatic heterocycles. The summed E-state index contributed by atoms with van der Waals surface area (Å²) >= 11 is 0. The van der Waals surface area contributed by atoms with E-state index in [0.29, 0.717) is 36.8 Å². The third-order valence-electron chi connectivity index (χ3n) is 6.01. The van der Waals surface area contributed by atoms with E-state index >= 15 is 0 Å². The number of hydrogen-bond acceptors (Lipinski definition) is 5. The van der Waals surface area contributed by atoms with Crippen molar-refractivity contribution in [2.75, 3.05) is 0 Å². The maximum Gasteiger partial charge on any atom is 0.127 e. The zero-order valence-electron chi connectivity index (χ0n) is 19.4. The van der Waals surface area contributed by atoms with Crippen molar-refractivity contribution in [3.05, 3.63) is 113 Å². The van der Waals surface area contributed by atoms with Crippen molar-refractivity contribution < 1.29 is 9.47 Å². The predicted octanol–water partition coefficient (Wildman–Crippen LogP) is 5.85. The Hall–Kier alpha value is -4.14. The molecule has 3 aromatic carbocycles. The van der Waals surface area contributed by atoms with Gasteiger partial charge in [-0.15, -0.1) is 0 Å². The van der Waals surface area contributed by atoms with E-state index in [-0.39, 0.29) is 0 Å². The second kappa shape index (κ2) is 10.7.